The molecule has 0 fully saturated rings. The molecule has 0 radical (unpaired) electrons. The fourth-order valence-electron chi connectivity index (χ4n) is 1.45. The molecular formula is C13H19N3OS. The number of thiocarbonyl (C=S) groups is 1. The second kappa shape index (κ2) is 6.96. The van der Waals surface area contributed by atoms with Crippen molar-refractivity contribution in [2.75, 3.05) is 11.9 Å². The summed E-state index contributed by atoms with van der Waals surface area (Å²) in [5.74, 6) is -0.00438. The molecule has 5 heteroatoms. The summed E-state index contributed by atoms with van der Waals surface area (Å²) in [6, 6.07) is 7.12. The molecular weight excluding hydrogens is 246 g/mol. The fourth-order valence-corrected chi connectivity index (χ4v) is 1.58. The maximum Gasteiger partial charge on any atom is 0.242 e. The molecule has 1 atom stereocenters. The zero-order valence-corrected chi connectivity index (χ0v) is 11.5. The molecule has 18 heavy (non-hydrogen) atoms. The Balaban J connectivity index is 2.56. The molecule has 98 valence electrons. The minimum absolute atomic E-state index is 0.00438. The molecule has 0 aliphatic carbocycles. The first-order valence-corrected chi connectivity index (χ1v) is 6.39. The Morgan fingerprint density at radius 3 is 2.50 bits per heavy atom. The van der Waals surface area contributed by atoms with E-state index >= 15 is 0 Å². The fraction of sp³-hybridized carbons (Fsp3) is 0.385. The normalized spacial score (nSPS) is 11.7. The SMILES string of the molecule is CCCNC(=O)C(C)Nc1ccc(C(N)=S)cc1. The number of nitrogens with two attached hydrogens (primary N) is 1. The zero-order valence-electron chi connectivity index (χ0n) is 10.7. The summed E-state index contributed by atoms with van der Waals surface area (Å²) in [5.41, 5.74) is 7.20. The van der Waals surface area contributed by atoms with Gasteiger partial charge < -0.3 is 16.4 Å². The van der Waals surface area contributed by atoms with Crippen LogP contribution in [0.5, 0.6) is 0 Å². The van der Waals surface area contributed by atoms with Crippen LogP contribution in [-0.2, 0) is 4.79 Å². The van der Waals surface area contributed by atoms with Crippen LogP contribution in [-0.4, -0.2) is 23.5 Å². The van der Waals surface area contributed by atoms with Crippen molar-refractivity contribution in [1.29, 1.82) is 0 Å². The van der Waals surface area contributed by atoms with Gasteiger partial charge in [0.25, 0.3) is 0 Å². The average Bonchev–Trinajstić information content (AvgIpc) is 2.36. The average molecular weight is 265 g/mol. The van der Waals surface area contributed by atoms with E-state index < -0.39 is 0 Å². The first kappa shape index (κ1) is 14.4. The highest BCUT2D eigenvalue weighted by molar-refractivity contribution is 7.80. The Morgan fingerprint density at radius 2 is 2.00 bits per heavy atom. The van der Waals surface area contributed by atoms with Crippen molar-refractivity contribution in [1.82, 2.24) is 5.32 Å². The highest BCUT2D eigenvalue weighted by Crippen LogP contribution is 2.10. The third-order valence-electron chi connectivity index (χ3n) is 2.50. The van der Waals surface area contributed by atoms with Crippen LogP contribution >= 0.6 is 12.2 Å². The molecule has 0 aliphatic heterocycles. The number of carbonyl (C=O) groups excluding carboxylic acids is 1. The van der Waals surface area contributed by atoms with E-state index in [1.165, 1.54) is 0 Å². The summed E-state index contributed by atoms with van der Waals surface area (Å²) in [6.07, 6.45) is 0.932. The molecule has 1 amide bonds. The van der Waals surface area contributed by atoms with Gasteiger partial charge >= 0.3 is 0 Å². The second-order valence-corrected chi connectivity index (χ2v) is 4.54. The summed E-state index contributed by atoms with van der Waals surface area (Å²) in [4.78, 5) is 12.0. The molecule has 0 aromatic heterocycles. The van der Waals surface area contributed by atoms with Crippen LogP contribution in [0.3, 0.4) is 0 Å². The Bertz CT molecular complexity index is 417. The predicted molar refractivity (Wildman–Crippen MR) is 78.7 cm³/mol. The van der Waals surface area contributed by atoms with E-state index in [0.29, 0.717) is 11.5 Å². The van der Waals surface area contributed by atoms with Gasteiger partial charge in [-0.3, -0.25) is 4.79 Å². The third kappa shape index (κ3) is 4.33. The van der Waals surface area contributed by atoms with Gasteiger partial charge in [0.05, 0.1) is 0 Å². The van der Waals surface area contributed by atoms with E-state index in [1.54, 1.807) is 0 Å². The minimum atomic E-state index is -0.271. The molecule has 1 aromatic rings. The van der Waals surface area contributed by atoms with Crippen LogP contribution in [0.1, 0.15) is 25.8 Å². The summed E-state index contributed by atoms with van der Waals surface area (Å²) in [5, 5.41) is 5.96. The van der Waals surface area contributed by atoms with Crippen LogP contribution in [0.15, 0.2) is 24.3 Å². The van der Waals surface area contributed by atoms with Gasteiger partial charge in [0, 0.05) is 17.8 Å². The lowest BCUT2D eigenvalue weighted by molar-refractivity contribution is -0.121. The number of hydrogen-bond acceptors (Lipinski definition) is 3. The van der Waals surface area contributed by atoms with E-state index in [2.05, 4.69) is 10.6 Å². The largest absolute Gasteiger partial charge is 0.389 e. The molecule has 0 aliphatic rings. The van der Waals surface area contributed by atoms with E-state index in [-0.39, 0.29) is 11.9 Å². The lowest BCUT2D eigenvalue weighted by Crippen LogP contribution is -2.37. The number of hydrogen-bond donors (Lipinski definition) is 3. The van der Waals surface area contributed by atoms with Crippen molar-refractivity contribution in [3.8, 4) is 0 Å². The smallest absolute Gasteiger partial charge is 0.242 e. The molecule has 4 N–H and O–H groups in total. The quantitative estimate of drug-likeness (QED) is 0.684. The highest BCUT2D eigenvalue weighted by Gasteiger charge is 2.11. The van der Waals surface area contributed by atoms with E-state index in [1.807, 2.05) is 38.1 Å². The van der Waals surface area contributed by atoms with Gasteiger partial charge in [-0.05, 0) is 37.6 Å². The van der Waals surface area contributed by atoms with E-state index in [0.717, 1.165) is 17.7 Å². The standard InChI is InChI=1S/C13H19N3OS/c1-3-8-15-13(17)9(2)16-11-6-4-10(5-7-11)12(14)18/h4-7,9,16H,3,8H2,1-2H3,(H2,14,18)(H,15,17). The lowest BCUT2D eigenvalue weighted by Gasteiger charge is -2.15. The topological polar surface area (TPSA) is 67.2 Å². The molecule has 1 aromatic carbocycles. The molecule has 4 nitrogen and oxygen atoms in total. The maximum atomic E-state index is 11.7. The first-order valence-electron chi connectivity index (χ1n) is 5.98. The first-order chi connectivity index (χ1) is 8.54. The number of amides is 1. The zero-order chi connectivity index (χ0) is 13.5. The number of nitrogens with one attached hydrogen (secondary N) is 2. The third-order valence-corrected chi connectivity index (χ3v) is 2.73. The summed E-state index contributed by atoms with van der Waals surface area (Å²) < 4.78 is 0. The molecule has 0 heterocycles. The maximum absolute atomic E-state index is 11.7. The van der Waals surface area contributed by atoms with Crippen LogP contribution < -0.4 is 16.4 Å². The van der Waals surface area contributed by atoms with E-state index in [9.17, 15) is 4.79 Å². The molecule has 0 spiro atoms. The van der Waals surface area contributed by atoms with Crippen LogP contribution in [0.25, 0.3) is 0 Å². The van der Waals surface area contributed by atoms with Crippen LogP contribution in [0, 0.1) is 0 Å². The van der Waals surface area contributed by atoms with Crippen molar-refractivity contribution in [2.24, 2.45) is 5.73 Å². The van der Waals surface area contributed by atoms with Crippen molar-refractivity contribution in [3.63, 3.8) is 0 Å². The van der Waals surface area contributed by atoms with Gasteiger partial charge in [0.1, 0.15) is 11.0 Å². The van der Waals surface area contributed by atoms with Gasteiger partial charge in [0.15, 0.2) is 0 Å². The van der Waals surface area contributed by atoms with Gasteiger partial charge in [-0.15, -0.1) is 0 Å². The monoisotopic (exact) mass is 265 g/mol. The van der Waals surface area contributed by atoms with Crippen LogP contribution in [0.2, 0.25) is 0 Å². The summed E-state index contributed by atoms with van der Waals surface area (Å²) >= 11 is 4.88. The number of anilines is 1. The Kier molecular flexibility index (Phi) is 5.58. The van der Waals surface area contributed by atoms with Crippen molar-refractivity contribution >= 4 is 28.8 Å². The molecule has 0 bridgehead atoms. The van der Waals surface area contributed by atoms with E-state index in [4.69, 9.17) is 18.0 Å². The van der Waals surface area contributed by atoms with Gasteiger partial charge in [-0.2, -0.15) is 0 Å². The summed E-state index contributed by atoms with van der Waals surface area (Å²) in [7, 11) is 0. The molecule has 0 saturated heterocycles. The van der Waals surface area contributed by atoms with Crippen molar-refractivity contribution < 1.29 is 4.79 Å². The predicted octanol–water partition coefficient (Wildman–Crippen LogP) is 1.65. The molecule has 1 unspecified atom stereocenters. The number of rotatable bonds is 6. The number of carbonyl (C=O) groups is 1. The summed E-state index contributed by atoms with van der Waals surface area (Å²) in [6.45, 7) is 4.55. The van der Waals surface area contributed by atoms with Crippen LogP contribution in [0.4, 0.5) is 5.69 Å². The Labute approximate surface area is 113 Å². The van der Waals surface area contributed by atoms with Crippen molar-refractivity contribution in [3.05, 3.63) is 29.8 Å². The lowest BCUT2D eigenvalue weighted by atomic mass is 10.2. The highest BCUT2D eigenvalue weighted by atomic mass is 32.1. The van der Waals surface area contributed by atoms with Gasteiger partial charge in [0.2, 0.25) is 5.91 Å². The van der Waals surface area contributed by atoms with Crippen molar-refractivity contribution in [2.45, 2.75) is 26.3 Å². The second-order valence-electron chi connectivity index (χ2n) is 4.10. The Hall–Kier alpha value is -1.62. The molecule has 0 saturated carbocycles. The Morgan fingerprint density at radius 1 is 1.39 bits per heavy atom. The number of benzene rings is 1. The van der Waals surface area contributed by atoms with Gasteiger partial charge in [-0.1, -0.05) is 19.1 Å². The van der Waals surface area contributed by atoms with Gasteiger partial charge in [-0.25, -0.2) is 0 Å². The minimum Gasteiger partial charge on any atom is -0.389 e. The molecule has 1 rings (SSSR count).